The minimum Gasteiger partial charge on any atom is -0.315 e. The third-order valence-corrected chi connectivity index (χ3v) is 3.13. The Morgan fingerprint density at radius 3 is 2.88 bits per heavy atom. The van der Waals surface area contributed by atoms with Crippen LogP contribution in [-0.2, 0) is 6.54 Å². The highest BCUT2D eigenvalue weighted by Gasteiger charge is 2.10. The van der Waals surface area contributed by atoms with E-state index >= 15 is 0 Å². The first-order chi connectivity index (χ1) is 7.75. The van der Waals surface area contributed by atoms with Crippen molar-refractivity contribution in [1.29, 1.82) is 0 Å². The second-order valence-corrected chi connectivity index (χ2v) is 4.45. The molecular formula is C13H20ClFN2. The normalized spacial score (nSPS) is 17.3. The van der Waals surface area contributed by atoms with Crippen molar-refractivity contribution in [3.05, 3.63) is 35.1 Å². The topological polar surface area (TPSA) is 15.3 Å². The average molecular weight is 259 g/mol. The van der Waals surface area contributed by atoms with E-state index in [0.29, 0.717) is 0 Å². The van der Waals surface area contributed by atoms with E-state index < -0.39 is 0 Å². The van der Waals surface area contributed by atoms with Gasteiger partial charge in [-0.15, -0.1) is 12.4 Å². The first-order valence-electron chi connectivity index (χ1n) is 5.94. The Morgan fingerprint density at radius 1 is 1.29 bits per heavy atom. The molecule has 2 nitrogen and oxygen atoms in total. The van der Waals surface area contributed by atoms with E-state index in [1.165, 1.54) is 12.0 Å². The van der Waals surface area contributed by atoms with Gasteiger partial charge in [0.05, 0.1) is 0 Å². The molecule has 1 aromatic rings. The molecule has 0 radical (unpaired) electrons. The average Bonchev–Trinajstić information content (AvgIpc) is 2.51. The first kappa shape index (κ1) is 14.4. The van der Waals surface area contributed by atoms with Gasteiger partial charge in [0.2, 0.25) is 0 Å². The lowest BCUT2D eigenvalue weighted by Gasteiger charge is -2.20. The van der Waals surface area contributed by atoms with Crippen LogP contribution in [0, 0.1) is 12.7 Å². The van der Waals surface area contributed by atoms with Crippen molar-refractivity contribution in [3.63, 3.8) is 0 Å². The molecule has 0 amide bonds. The van der Waals surface area contributed by atoms with Crippen molar-refractivity contribution in [3.8, 4) is 0 Å². The van der Waals surface area contributed by atoms with E-state index in [1.54, 1.807) is 12.1 Å². The lowest BCUT2D eigenvalue weighted by Crippen LogP contribution is -2.27. The van der Waals surface area contributed by atoms with Crippen molar-refractivity contribution in [2.75, 3.05) is 26.2 Å². The number of hydrogen-bond acceptors (Lipinski definition) is 2. The van der Waals surface area contributed by atoms with Gasteiger partial charge in [0.1, 0.15) is 5.82 Å². The molecule has 1 heterocycles. The molecular weight excluding hydrogens is 239 g/mol. The third kappa shape index (κ3) is 4.26. The fourth-order valence-corrected chi connectivity index (χ4v) is 2.14. The second kappa shape index (κ2) is 6.94. The fraction of sp³-hybridized carbons (Fsp3) is 0.538. The Labute approximate surface area is 109 Å². The second-order valence-electron chi connectivity index (χ2n) is 4.45. The van der Waals surface area contributed by atoms with Gasteiger partial charge in [-0.25, -0.2) is 4.39 Å². The molecule has 0 saturated carbocycles. The Morgan fingerprint density at radius 2 is 2.12 bits per heavy atom. The zero-order valence-corrected chi connectivity index (χ0v) is 11.0. The summed E-state index contributed by atoms with van der Waals surface area (Å²) in [5.74, 6) is -0.140. The number of benzene rings is 1. The Bertz CT molecular complexity index is 349. The fourth-order valence-electron chi connectivity index (χ4n) is 2.14. The molecule has 4 heteroatoms. The van der Waals surface area contributed by atoms with Crippen LogP contribution in [0.4, 0.5) is 4.39 Å². The number of aryl methyl sites for hydroxylation is 1. The maximum atomic E-state index is 13.0. The van der Waals surface area contributed by atoms with Crippen LogP contribution in [0.1, 0.15) is 17.5 Å². The van der Waals surface area contributed by atoms with Gasteiger partial charge in [-0.2, -0.15) is 0 Å². The molecule has 0 aliphatic carbocycles. The molecule has 1 saturated heterocycles. The quantitative estimate of drug-likeness (QED) is 0.876. The van der Waals surface area contributed by atoms with E-state index in [4.69, 9.17) is 0 Å². The van der Waals surface area contributed by atoms with Crippen LogP contribution in [0.2, 0.25) is 0 Å². The summed E-state index contributed by atoms with van der Waals surface area (Å²) in [4.78, 5) is 2.43. The summed E-state index contributed by atoms with van der Waals surface area (Å²) in [5.41, 5.74) is 2.29. The number of nitrogens with one attached hydrogen (secondary N) is 1. The summed E-state index contributed by atoms with van der Waals surface area (Å²) in [6.45, 7) is 7.29. The van der Waals surface area contributed by atoms with Crippen molar-refractivity contribution < 1.29 is 4.39 Å². The molecule has 0 unspecified atom stereocenters. The number of nitrogens with zero attached hydrogens (tertiary/aromatic N) is 1. The van der Waals surface area contributed by atoms with E-state index in [1.807, 2.05) is 13.0 Å². The van der Waals surface area contributed by atoms with Gasteiger partial charge >= 0.3 is 0 Å². The molecule has 17 heavy (non-hydrogen) atoms. The number of hydrogen-bond donors (Lipinski definition) is 1. The van der Waals surface area contributed by atoms with Crippen LogP contribution in [0.15, 0.2) is 18.2 Å². The maximum absolute atomic E-state index is 13.0. The van der Waals surface area contributed by atoms with Gasteiger partial charge < -0.3 is 5.32 Å². The van der Waals surface area contributed by atoms with Crippen molar-refractivity contribution in [1.82, 2.24) is 10.2 Å². The highest BCUT2D eigenvalue weighted by Crippen LogP contribution is 2.13. The third-order valence-electron chi connectivity index (χ3n) is 3.13. The zero-order valence-electron chi connectivity index (χ0n) is 10.2. The molecule has 96 valence electrons. The highest BCUT2D eigenvalue weighted by molar-refractivity contribution is 5.85. The highest BCUT2D eigenvalue weighted by atomic mass is 35.5. The summed E-state index contributed by atoms with van der Waals surface area (Å²) < 4.78 is 13.0. The minimum atomic E-state index is -0.140. The van der Waals surface area contributed by atoms with Gasteiger partial charge in [0.15, 0.2) is 0 Å². The molecule has 1 N–H and O–H groups in total. The van der Waals surface area contributed by atoms with Crippen molar-refractivity contribution in [2.24, 2.45) is 0 Å². The SMILES string of the molecule is Cc1cc(F)ccc1CN1CCCNCC1.Cl. The van der Waals surface area contributed by atoms with Gasteiger partial charge in [0, 0.05) is 19.6 Å². The predicted octanol–water partition coefficient (Wildman–Crippen LogP) is 2.35. The standard InChI is InChI=1S/C13H19FN2.ClH/c1-11-9-13(14)4-3-12(11)10-16-7-2-5-15-6-8-16;/h3-4,9,15H,2,5-8,10H2,1H3;1H. The Balaban J connectivity index is 0.00000144. The summed E-state index contributed by atoms with van der Waals surface area (Å²) >= 11 is 0. The molecule has 0 spiro atoms. The zero-order chi connectivity index (χ0) is 11.4. The smallest absolute Gasteiger partial charge is 0.123 e. The molecule has 1 fully saturated rings. The molecule has 1 aliphatic heterocycles. The minimum absolute atomic E-state index is 0. The van der Waals surface area contributed by atoms with Crippen LogP contribution >= 0.6 is 12.4 Å². The maximum Gasteiger partial charge on any atom is 0.123 e. The molecule has 0 bridgehead atoms. The summed E-state index contributed by atoms with van der Waals surface area (Å²) in [5, 5.41) is 3.39. The Kier molecular flexibility index (Phi) is 5.89. The van der Waals surface area contributed by atoms with Crippen LogP contribution in [0.5, 0.6) is 0 Å². The van der Waals surface area contributed by atoms with Crippen LogP contribution in [-0.4, -0.2) is 31.1 Å². The molecule has 2 rings (SSSR count). The lowest BCUT2D eigenvalue weighted by molar-refractivity contribution is 0.284. The number of halogens is 2. The first-order valence-corrected chi connectivity index (χ1v) is 5.94. The number of rotatable bonds is 2. The van der Waals surface area contributed by atoms with Gasteiger partial charge in [-0.3, -0.25) is 4.90 Å². The lowest BCUT2D eigenvalue weighted by atomic mass is 10.1. The molecule has 0 atom stereocenters. The van der Waals surface area contributed by atoms with Crippen LogP contribution in [0.3, 0.4) is 0 Å². The van der Waals surface area contributed by atoms with Gasteiger partial charge in [0.25, 0.3) is 0 Å². The molecule has 0 aromatic heterocycles. The van der Waals surface area contributed by atoms with Gasteiger partial charge in [-0.1, -0.05) is 6.07 Å². The van der Waals surface area contributed by atoms with Crippen molar-refractivity contribution in [2.45, 2.75) is 19.9 Å². The van der Waals surface area contributed by atoms with Crippen LogP contribution < -0.4 is 5.32 Å². The van der Waals surface area contributed by atoms with E-state index in [9.17, 15) is 4.39 Å². The largest absolute Gasteiger partial charge is 0.315 e. The van der Waals surface area contributed by atoms with E-state index in [2.05, 4.69) is 10.2 Å². The summed E-state index contributed by atoms with van der Waals surface area (Å²) in [7, 11) is 0. The molecule has 1 aliphatic rings. The summed E-state index contributed by atoms with van der Waals surface area (Å²) in [6, 6.07) is 5.08. The van der Waals surface area contributed by atoms with Crippen molar-refractivity contribution >= 4 is 12.4 Å². The Hall–Kier alpha value is -0.640. The molecule has 1 aromatic carbocycles. The monoisotopic (exact) mass is 258 g/mol. The van der Waals surface area contributed by atoms with E-state index in [-0.39, 0.29) is 18.2 Å². The van der Waals surface area contributed by atoms with E-state index in [0.717, 1.165) is 38.3 Å². The van der Waals surface area contributed by atoms with Crippen LogP contribution in [0.25, 0.3) is 0 Å². The predicted molar refractivity (Wildman–Crippen MR) is 71.1 cm³/mol. The summed E-state index contributed by atoms with van der Waals surface area (Å²) in [6.07, 6.45) is 1.19. The van der Waals surface area contributed by atoms with Gasteiger partial charge in [-0.05, 0) is 49.7 Å².